The van der Waals surface area contributed by atoms with Gasteiger partial charge in [-0.15, -0.1) is 22.4 Å². The van der Waals surface area contributed by atoms with Gasteiger partial charge >= 0.3 is 0 Å². The Labute approximate surface area is 231 Å². The molecule has 39 heavy (non-hydrogen) atoms. The van der Waals surface area contributed by atoms with E-state index in [0.717, 1.165) is 28.0 Å². The lowest BCUT2D eigenvalue weighted by atomic mass is 9.97. The highest BCUT2D eigenvalue weighted by molar-refractivity contribution is 7.17. The van der Waals surface area contributed by atoms with E-state index in [1.165, 1.54) is 15.6 Å². The first-order chi connectivity index (χ1) is 19.2. The zero-order valence-corrected chi connectivity index (χ0v) is 22.9. The molecule has 0 radical (unpaired) electrons. The van der Waals surface area contributed by atoms with Gasteiger partial charge in [-0.3, -0.25) is 0 Å². The average molecular weight is 540 g/mol. The first-order valence-corrected chi connectivity index (χ1v) is 13.5. The van der Waals surface area contributed by atoms with Gasteiger partial charge in [0, 0.05) is 41.4 Å². The van der Waals surface area contributed by atoms with Crippen molar-refractivity contribution in [2.45, 2.75) is 32.8 Å². The van der Waals surface area contributed by atoms with Crippen LogP contribution >= 0.6 is 11.3 Å². The van der Waals surface area contributed by atoms with Crippen molar-refractivity contribution >= 4 is 21.4 Å². The number of H-pyrrole nitrogens is 1. The van der Waals surface area contributed by atoms with Gasteiger partial charge in [0.15, 0.2) is 0 Å². The minimum absolute atomic E-state index is 0.0574. The average Bonchev–Trinajstić information content (AvgIpc) is 3.63. The lowest BCUT2D eigenvalue weighted by molar-refractivity contribution is 0.146. The first kappa shape index (κ1) is 26.4. The number of pyridine rings is 1. The molecule has 1 atom stereocenters. The number of ether oxygens (including phenoxy) is 3. The number of rotatable bonds is 11. The van der Waals surface area contributed by atoms with E-state index in [1.807, 2.05) is 31.2 Å². The summed E-state index contributed by atoms with van der Waals surface area (Å²) in [7, 11) is 1.68. The summed E-state index contributed by atoms with van der Waals surface area (Å²) < 4.78 is 18.3. The Morgan fingerprint density at radius 3 is 2.74 bits per heavy atom. The molecule has 0 aliphatic rings. The van der Waals surface area contributed by atoms with Gasteiger partial charge in [0.05, 0.1) is 12.5 Å². The molecule has 3 aromatic heterocycles. The van der Waals surface area contributed by atoms with E-state index in [-0.39, 0.29) is 5.92 Å². The van der Waals surface area contributed by atoms with Crippen LogP contribution in [0.1, 0.15) is 35.4 Å². The summed E-state index contributed by atoms with van der Waals surface area (Å²) in [6.45, 7) is 5.41. The number of tetrazole rings is 1. The van der Waals surface area contributed by atoms with Gasteiger partial charge in [0.2, 0.25) is 5.88 Å². The van der Waals surface area contributed by atoms with Crippen LogP contribution in [-0.2, 0) is 17.8 Å². The van der Waals surface area contributed by atoms with Gasteiger partial charge in [0.1, 0.15) is 24.8 Å². The van der Waals surface area contributed by atoms with Gasteiger partial charge in [-0.1, -0.05) is 30.2 Å². The topological polar surface area (TPSA) is 95.0 Å². The van der Waals surface area contributed by atoms with Crippen molar-refractivity contribution in [2.24, 2.45) is 0 Å². The highest BCUT2D eigenvalue weighted by Gasteiger charge is 2.14. The molecule has 0 bridgehead atoms. The molecule has 9 heteroatoms. The van der Waals surface area contributed by atoms with Crippen molar-refractivity contribution in [3.05, 3.63) is 82.6 Å². The molecule has 198 valence electrons. The zero-order chi connectivity index (χ0) is 27.0. The number of aromatic nitrogens is 5. The maximum Gasteiger partial charge on any atom is 0.213 e. The van der Waals surface area contributed by atoms with E-state index in [9.17, 15) is 0 Å². The third-order valence-corrected chi connectivity index (χ3v) is 7.37. The molecule has 2 aromatic carbocycles. The van der Waals surface area contributed by atoms with Gasteiger partial charge in [-0.25, -0.2) is 10.1 Å². The summed E-state index contributed by atoms with van der Waals surface area (Å²) in [6.07, 6.45) is 2.39. The number of hydrogen-bond acceptors (Lipinski definition) is 8. The maximum absolute atomic E-state index is 6.05. The molecular weight excluding hydrogens is 510 g/mol. The van der Waals surface area contributed by atoms with Gasteiger partial charge in [-0.05, 0) is 70.1 Å². The van der Waals surface area contributed by atoms with Crippen molar-refractivity contribution in [2.75, 3.05) is 20.3 Å². The van der Waals surface area contributed by atoms with Gasteiger partial charge in [-0.2, -0.15) is 0 Å². The summed E-state index contributed by atoms with van der Waals surface area (Å²) in [6, 6.07) is 16.5. The van der Waals surface area contributed by atoms with E-state index in [2.05, 4.69) is 74.0 Å². The van der Waals surface area contributed by atoms with Gasteiger partial charge in [0.25, 0.3) is 0 Å². The molecule has 5 aromatic rings. The summed E-state index contributed by atoms with van der Waals surface area (Å²) >= 11 is 1.74. The predicted octanol–water partition coefficient (Wildman–Crippen LogP) is 5.74. The second-order valence-electron chi connectivity index (χ2n) is 8.97. The molecule has 0 amide bonds. The standard InChI is InChI=1S/C30H29N5O3S/c1-4-6-22(16-29-32-34-35-33-29)23-10-12-30(31-17-23)38-18-21-9-11-28-25(15-21)26(19-39-28)24-7-5-8-27(20(24)2)37-14-13-36-3/h5,7-12,15,17,19,22H,13-14,16,18H2,1-3H3,(H,32,33,34,35)/t22-/m1/s1. The van der Waals surface area contributed by atoms with E-state index in [1.54, 1.807) is 24.6 Å². The van der Waals surface area contributed by atoms with Crippen molar-refractivity contribution in [3.63, 3.8) is 0 Å². The zero-order valence-electron chi connectivity index (χ0n) is 22.1. The number of aromatic amines is 1. The molecule has 5 rings (SSSR count). The van der Waals surface area contributed by atoms with E-state index >= 15 is 0 Å². The van der Waals surface area contributed by atoms with Gasteiger partial charge < -0.3 is 14.2 Å². The minimum atomic E-state index is -0.0574. The molecule has 0 unspecified atom stereocenters. The normalized spacial score (nSPS) is 11.7. The summed E-state index contributed by atoms with van der Waals surface area (Å²) in [5.41, 5.74) is 5.54. The number of hydrogen-bond donors (Lipinski definition) is 1. The second kappa shape index (κ2) is 12.5. The fourth-order valence-corrected chi connectivity index (χ4v) is 5.34. The Morgan fingerprint density at radius 2 is 1.97 bits per heavy atom. The molecule has 0 aliphatic carbocycles. The molecule has 8 nitrogen and oxygen atoms in total. The fraction of sp³-hybridized carbons (Fsp3) is 0.267. The quantitative estimate of drug-likeness (QED) is 0.169. The molecule has 1 N–H and O–H groups in total. The SMILES string of the molecule is CC#C[C@H](Cc1nnn[nH]1)c1ccc(OCc2ccc3scc(-c4cccc(OCCOC)c4C)c3c2)nc1. The Kier molecular flexibility index (Phi) is 8.46. The van der Waals surface area contributed by atoms with Crippen molar-refractivity contribution in [3.8, 4) is 34.6 Å². The highest BCUT2D eigenvalue weighted by Crippen LogP contribution is 2.38. The second-order valence-corrected chi connectivity index (χ2v) is 9.88. The maximum atomic E-state index is 6.05. The van der Waals surface area contributed by atoms with Crippen LogP contribution < -0.4 is 9.47 Å². The molecule has 0 saturated carbocycles. The first-order valence-electron chi connectivity index (χ1n) is 12.6. The number of nitrogens with one attached hydrogen (secondary N) is 1. The van der Waals surface area contributed by atoms with E-state index in [0.29, 0.717) is 37.9 Å². The summed E-state index contributed by atoms with van der Waals surface area (Å²) in [5.74, 6) is 8.26. The van der Waals surface area contributed by atoms with Crippen LogP contribution in [0.25, 0.3) is 21.2 Å². The fourth-order valence-electron chi connectivity index (χ4n) is 4.40. The van der Waals surface area contributed by atoms with Crippen LogP contribution in [0.2, 0.25) is 0 Å². The Bertz CT molecular complexity index is 1590. The monoisotopic (exact) mass is 539 g/mol. The molecule has 0 aliphatic heterocycles. The molecule has 0 saturated heterocycles. The van der Waals surface area contributed by atoms with Crippen LogP contribution in [0, 0.1) is 18.8 Å². The van der Waals surface area contributed by atoms with Crippen LogP contribution in [0.15, 0.2) is 60.1 Å². The third kappa shape index (κ3) is 6.25. The van der Waals surface area contributed by atoms with Crippen LogP contribution in [0.3, 0.4) is 0 Å². The molecule has 0 fully saturated rings. The largest absolute Gasteiger partial charge is 0.491 e. The van der Waals surface area contributed by atoms with E-state index < -0.39 is 0 Å². The Morgan fingerprint density at radius 1 is 1.05 bits per heavy atom. The lowest BCUT2D eigenvalue weighted by Gasteiger charge is -2.13. The summed E-state index contributed by atoms with van der Waals surface area (Å²) in [5, 5.41) is 17.5. The number of fused-ring (bicyclic) bond motifs is 1. The summed E-state index contributed by atoms with van der Waals surface area (Å²) in [4.78, 5) is 4.52. The van der Waals surface area contributed by atoms with Crippen LogP contribution in [0.5, 0.6) is 11.6 Å². The van der Waals surface area contributed by atoms with E-state index in [4.69, 9.17) is 14.2 Å². The lowest BCUT2D eigenvalue weighted by Crippen LogP contribution is -2.05. The molecule has 3 heterocycles. The van der Waals surface area contributed by atoms with Crippen molar-refractivity contribution in [1.29, 1.82) is 0 Å². The number of nitrogens with zero attached hydrogens (tertiary/aromatic N) is 4. The number of benzene rings is 2. The van der Waals surface area contributed by atoms with Crippen LogP contribution in [0.4, 0.5) is 0 Å². The van der Waals surface area contributed by atoms with Crippen LogP contribution in [-0.4, -0.2) is 45.9 Å². The third-order valence-electron chi connectivity index (χ3n) is 6.41. The Hall–Kier alpha value is -4.26. The molecular formula is C30H29N5O3S. The van der Waals surface area contributed by atoms with Crippen molar-refractivity contribution < 1.29 is 14.2 Å². The molecule has 0 spiro atoms. The number of methoxy groups -OCH3 is 1. The minimum Gasteiger partial charge on any atom is -0.491 e. The smallest absolute Gasteiger partial charge is 0.213 e. The number of thiophene rings is 1. The predicted molar refractivity (Wildman–Crippen MR) is 152 cm³/mol. The highest BCUT2D eigenvalue weighted by atomic mass is 32.1. The van der Waals surface area contributed by atoms with Crippen molar-refractivity contribution in [1.82, 2.24) is 25.6 Å². The Balaban J connectivity index is 1.30.